The molecule has 3 nitrogen and oxygen atoms in total. The maximum absolute atomic E-state index is 12.8. The van der Waals surface area contributed by atoms with Gasteiger partial charge in [0.05, 0.1) is 0 Å². The zero-order chi connectivity index (χ0) is 11.4. The maximum atomic E-state index is 12.8. The van der Waals surface area contributed by atoms with E-state index in [1.807, 2.05) is 12.1 Å². The molecule has 1 aliphatic heterocycles. The SMILES string of the molecule is NC[C@@H](c1ccc(F)cc1)N1CCNCC1. The van der Waals surface area contributed by atoms with Gasteiger partial charge in [-0.05, 0) is 17.7 Å². The fourth-order valence-corrected chi connectivity index (χ4v) is 2.17. The highest BCUT2D eigenvalue weighted by molar-refractivity contribution is 5.20. The van der Waals surface area contributed by atoms with Crippen molar-refractivity contribution < 1.29 is 4.39 Å². The van der Waals surface area contributed by atoms with E-state index in [9.17, 15) is 4.39 Å². The molecule has 16 heavy (non-hydrogen) atoms. The van der Waals surface area contributed by atoms with Crippen molar-refractivity contribution in [2.24, 2.45) is 5.73 Å². The second-order valence-corrected chi connectivity index (χ2v) is 4.09. The minimum Gasteiger partial charge on any atom is -0.329 e. The van der Waals surface area contributed by atoms with Crippen molar-refractivity contribution in [3.05, 3.63) is 35.6 Å². The maximum Gasteiger partial charge on any atom is 0.123 e. The number of halogens is 1. The van der Waals surface area contributed by atoms with Gasteiger partial charge in [-0.1, -0.05) is 12.1 Å². The average Bonchev–Trinajstić information content (AvgIpc) is 2.34. The van der Waals surface area contributed by atoms with E-state index in [2.05, 4.69) is 10.2 Å². The van der Waals surface area contributed by atoms with Gasteiger partial charge >= 0.3 is 0 Å². The normalized spacial score (nSPS) is 19.6. The topological polar surface area (TPSA) is 41.3 Å². The van der Waals surface area contributed by atoms with Crippen LogP contribution in [0.15, 0.2) is 24.3 Å². The molecule has 1 saturated heterocycles. The molecule has 1 atom stereocenters. The van der Waals surface area contributed by atoms with Crippen molar-refractivity contribution in [1.82, 2.24) is 10.2 Å². The summed E-state index contributed by atoms with van der Waals surface area (Å²) in [5.74, 6) is -0.195. The Balaban J connectivity index is 2.11. The Morgan fingerprint density at radius 2 is 1.88 bits per heavy atom. The summed E-state index contributed by atoms with van der Waals surface area (Å²) in [5, 5.41) is 3.31. The van der Waals surface area contributed by atoms with Crippen molar-refractivity contribution in [1.29, 1.82) is 0 Å². The summed E-state index contributed by atoms with van der Waals surface area (Å²) in [6, 6.07) is 6.87. The van der Waals surface area contributed by atoms with Crippen LogP contribution in [0.5, 0.6) is 0 Å². The van der Waals surface area contributed by atoms with Crippen LogP contribution in [-0.4, -0.2) is 37.6 Å². The number of nitrogens with one attached hydrogen (secondary N) is 1. The smallest absolute Gasteiger partial charge is 0.123 e. The fraction of sp³-hybridized carbons (Fsp3) is 0.500. The van der Waals surface area contributed by atoms with E-state index in [0.717, 1.165) is 31.7 Å². The van der Waals surface area contributed by atoms with E-state index in [0.29, 0.717) is 6.54 Å². The largest absolute Gasteiger partial charge is 0.329 e. The molecule has 1 aliphatic rings. The molecule has 0 unspecified atom stereocenters. The standard InChI is InChI=1S/C12H18FN3/c13-11-3-1-10(2-4-11)12(9-14)16-7-5-15-6-8-16/h1-4,12,15H,5-9,14H2/t12-/m0/s1. The summed E-state index contributed by atoms with van der Waals surface area (Å²) >= 11 is 0. The van der Waals surface area contributed by atoms with Crippen LogP contribution in [0.3, 0.4) is 0 Å². The van der Waals surface area contributed by atoms with Crippen LogP contribution < -0.4 is 11.1 Å². The zero-order valence-corrected chi connectivity index (χ0v) is 9.32. The number of nitrogens with two attached hydrogens (primary N) is 1. The van der Waals surface area contributed by atoms with E-state index in [1.165, 1.54) is 12.1 Å². The van der Waals surface area contributed by atoms with Crippen LogP contribution in [0.4, 0.5) is 4.39 Å². The zero-order valence-electron chi connectivity index (χ0n) is 9.32. The van der Waals surface area contributed by atoms with Gasteiger partial charge in [0, 0.05) is 38.8 Å². The monoisotopic (exact) mass is 223 g/mol. The summed E-state index contributed by atoms with van der Waals surface area (Å²) in [4.78, 5) is 2.35. The molecule has 0 amide bonds. The third-order valence-corrected chi connectivity index (χ3v) is 3.07. The Labute approximate surface area is 95.4 Å². The number of rotatable bonds is 3. The molecular weight excluding hydrogens is 205 g/mol. The first-order valence-electron chi connectivity index (χ1n) is 5.71. The molecule has 0 radical (unpaired) electrons. The summed E-state index contributed by atoms with van der Waals surface area (Å²) in [6.45, 7) is 4.57. The van der Waals surface area contributed by atoms with Crippen LogP contribution in [0.2, 0.25) is 0 Å². The fourth-order valence-electron chi connectivity index (χ4n) is 2.17. The minimum atomic E-state index is -0.195. The molecule has 0 aromatic heterocycles. The molecule has 1 aromatic rings. The van der Waals surface area contributed by atoms with Crippen molar-refractivity contribution in [2.45, 2.75) is 6.04 Å². The summed E-state index contributed by atoms with van der Waals surface area (Å²) < 4.78 is 12.8. The highest BCUT2D eigenvalue weighted by Crippen LogP contribution is 2.20. The Morgan fingerprint density at radius 3 is 2.44 bits per heavy atom. The van der Waals surface area contributed by atoms with Gasteiger partial charge in [0.15, 0.2) is 0 Å². The predicted molar refractivity (Wildman–Crippen MR) is 62.6 cm³/mol. The molecule has 0 bridgehead atoms. The molecule has 0 spiro atoms. The molecule has 4 heteroatoms. The lowest BCUT2D eigenvalue weighted by Crippen LogP contribution is -2.46. The van der Waals surface area contributed by atoms with Crippen LogP contribution in [0, 0.1) is 5.82 Å². The lowest BCUT2D eigenvalue weighted by molar-refractivity contribution is 0.178. The molecule has 1 heterocycles. The van der Waals surface area contributed by atoms with Crippen LogP contribution in [-0.2, 0) is 0 Å². The van der Waals surface area contributed by atoms with Crippen LogP contribution in [0.1, 0.15) is 11.6 Å². The summed E-state index contributed by atoms with van der Waals surface area (Å²) in [5.41, 5.74) is 6.92. The third-order valence-electron chi connectivity index (χ3n) is 3.07. The molecule has 0 aliphatic carbocycles. The summed E-state index contributed by atoms with van der Waals surface area (Å²) in [7, 11) is 0. The van der Waals surface area contributed by atoms with Crippen molar-refractivity contribution in [3.8, 4) is 0 Å². The van der Waals surface area contributed by atoms with Gasteiger partial charge in [-0.15, -0.1) is 0 Å². The molecule has 88 valence electrons. The van der Waals surface area contributed by atoms with E-state index in [4.69, 9.17) is 5.73 Å². The first-order valence-corrected chi connectivity index (χ1v) is 5.71. The molecule has 0 saturated carbocycles. The van der Waals surface area contributed by atoms with Crippen molar-refractivity contribution >= 4 is 0 Å². The first-order chi connectivity index (χ1) is 7.81. The van der Waals surface area contributed by atoms with Gasteiger partial charge in [0.25, 0.3) is 0 Å². The van der Waals surface area contributed by atoms with Gasteiger partial charge in [0.2, 0.25) is 0 Å². The number of hydrogen-bond acceptors (Lipinski definition) is 3. The number of nitrogens with zero attached hydrogens (tertiary/aromatic N) is 1. The second-order valence-electron chi connectivity index (χ2n) is 4.09. The Kier molecular flexibility index (Phi) is 3.88. The quantitative estimate of drug-likeness (QED) is 0.794. The van der Waals surface area contributed by atoms with Gasteiger partial charge in [0.1, 0.15) is 5.82 Å². The van der Waals surface area contributed by atoms with Crippen molar-refractivity contribution in [3.63, 3.8) is 0 Å². The second kappa shape index (κ2) is 5.39. The van der Waals surface area contributed by atoms with Crippen LogP contribution in [0.25, 0.3) is 0 Å². The van der Waals surface area contributed by atoms with Gasteiger partial charge in [-0.25, -0.2) is 4.39 Å². The van der Waals surface area contributed by atoms with Gasteiger partial charge < -0.3 is 11.1 Å². The van der Waals surface area contributed by atoms with E-state index in [-0.39, 0.29) is 11.9 Å². The van der Waals surface area contributed by atoms with Crippen LogP contribution >= 0.6 is 0 Å². The predicted octanol–water partition coefficient (Wildman–Crippen LogP) is 0.731. The molecule has 1 aromatic carbocycles. The molecular formula is C12H18FN3. The number of benzene rings is 1. The van der Waals surface area contributed by atoms with E-state index < -0.39 is 0 Å². The minimum absolute atomic E-state index is 0.195. The average molecular weight is 223 g/mol. The first kappa shape index (κ1) is 11.5. The van der Waals surface area contributed by atoms with Gasteiger partial charge in [-0.3, -0.25) is 4.90 Å². The third kappa shape index (κ3) is 2.58. The molecule has 3 N–H and O–H groups in total. The highest BCUT2D eigenvalue weighted by Gasteiger charge is 2.20. The number of hydrogen-bond donors (Lipinski definition) is 2. The Bertz CT molecular complexity index is 320. The van der Waals surface area contributed by atoms with E-state index >= 15 is 0 Å². The number of piperazine rings is 1. The lowest BCUT2D eigenvalue weighted by Gasteiger charge is -2.34. The van der Waals surface area contributed by atoms with E-state index in [1.54, 1.807) is 0 Å². The highest BCUT2D eigenvalue weighted by atomic mass is 19.1. The Hall–Kier alpha value is -0.970. The lowest BCUT2D eigenvalue weighted by atomic mass is 10.0. The van der Waals surface area contributed by atoms with Gasteiger partial charge in [-0.2, -0.15) is 0 Å². The summed E-state index contributed by atoms with van der Waals surface area (Å²) in [6.07, 6.45) is 0. The van der Waals surface area contributed by atoms with Crippen molar-refractivity contribution in [2.75, 3.05) is 32.7 Å². The molecule has 1 fully saturated rings. The molecule has 2 rings (SSSR count). The Morgan fingerprint density at radius 1 is 1.25 bits per heavy atom.